The molecule has 3 heterocycles. The Morgan fingerprint density at radius 1 is 1.03 bits per heavy atom. The molecule has 0 bridgehead atoms. The van der Waals surface area contributed by atoms with Crippen LogP contribution in [0.1, 0.15) is 61.6 Å². The number of benzene rings is 1. The van der Waals surface area contributed by atoms with Crippen LogP contribution in [-0.2, 0) is 10.0 Å². The summed E-state index contributed by atoms with van der Waals surface area (Å²) in [6.07, 6.45) is 11.3. The Morgan fingerprint density at radius 3 is 2.47 bits per heavy atom. The zero-order chi connectivity index (χ0) is 23.7. The lowest BCUT2D eigenvalue weighted by Gasteiger charge is -2.32. The molecule has 34 heavy (non-hydrogen) atoms. The summed E-state index contributed by atoms with van der Waals surface area (Å²) in [5.74, 6) is 0. The molecule has 5 rings (SSSR count). The van der Waals surface area contributed by atoms with Crippen molar-refractivity contribution in [1.82, 2.24) is 14.9 Å². The average molecular weight is 496 g/mol. The Labute approximate surface area is 206 Å². The monoisotopic (exact) mass is 495 g/mol. The lowest BCUT2D eigenvalue weighted by molar-refractivity contribution is 0.340. The van der Waals surface area contributed by atoms with Crippen LogP contribution in [-0.4, -0.2) is 29.3 Å². The van der Waals surface area contributed by atoms with Crippen LogP contribution in [0.3, 0.4) is 0 Å². The van der Waals surface area contributed by atoms with Crippen LogP contribution in [0.15, 0.2) is 67.0 Å². The van der Waals surface area contributed by atoms with Gasteiger partial charge in [0.25, 0.3) is 0 Å². The van der Waals surface area contributed by atoms with Crippen molar-refractivity contribution in [1.29, 1.82) is 0 Å². The third-order valence-corrected chi connectivity index (χ3v) is 7.55. The molecular weight excluding hydrogens is 466 g/mol. The summed E-state index contributed by atoms with van der Waals surface area (Å²) in [7, 11) is -3.34. The van der Waals surface area contributed by atoms with Gasteiger partial charge < -0.3 is 14.8 Å². The number of pyridine rings is 1. The lowest BCUT2D eigenvalue weighted by atomic mass is 9.94. The Balaban J connectivity index is 1.56. The third kappa shape index (κ3) is 4.67. The smallest absolute Gasteiger partial charge is 0.229 e. The van der Waals surface area contributed by atoms with Gasteiger partial charge in [0.05, 0.1) is 18.0 Å². The third-order valence-electron chi connectivity index (χ3n) is 6.63. The van der Waals surface area contributed by atoms with Crippen molar-refractivity contribution in [2.75, 3.05) is 15.9 Å². The number of thiocarbonyl (C=S) groups is 1. The zero-order valence-corrected chi connectivity index (χ0v) is 20.7. The number of hydrogen-bond acceptors (Lipinski definition) is 4. The molecule has 0 radical (unpaired) electrons. The van der Waals surface area contributed by atoms with E-state index in [2.05, 4.69) is 42.8 Å². The normalized spacial score (nSPS) is 21.4. The first-order valence-electron chi connectivity index (χ1n) is 11.7. The lowest BCUT2D eigenvalue weighted by Crippen LogP contribution is -2.31. The van der Waals surface area contributed by atoms with Crippen molar-refractivity contribution in [3.8, 4) is 0 Å². The summed E-state index contributed by atoms with van der Waals surface area (Å²) >= 11 is 5.84. The van der Waals surface area contributed by atoms with E-state index in [1.165, 1.54) is 37.8 Å². The molecule has 2 aliphatic rings. The number of rotatable bonds is 6. The van der Waals surface area contributed by atoms with Crippen LogP contribution in [0.5, 0.6) is 0 Å². The molecule has 1 aliphatic carbocycles. The highest BCUT2D eigenvalue weighted by molar-refractivity contribution is 7.92. The fraction of sp³-hybridized carbons (Fsp3) is 0.360. The van der Waals surface area contributed by atoms with Crippen molar-refractivity contribution in [2.24, 2.45) is 0 Å². The number of sulfonamides is 1. The zero-order valence-electron chi connectivity index (χ0n) is 19.1. The predicted molar refractivity (Wildman–Crippen MR) is 139 cm³/mol. The second-order valence-corrected chi connectivity index (χ2v) is 11.2. The van der Waals surface area contributed by atoms with Crippen molar-refractivity contribution in [3.63, 3.8) is 0 Å². The molecule has 1 saturated carbocycles. The minimum atomic E-state index is -3.34. The molecule has 0 unspecified atom stereocenters. The summed E-state index contributed by atoms with van der Waals surface area (Å²) in [5.41, 5.74) is 3.56. The summed E-state index contributed by atoms with van der Waals surface area (Å²) in [6, 6.07) is 17.9. The largest absolute Gasteiger partial charge is 0.351 e. The second kappa shape index (κ2) is 9.38. The van der Waals surface area contributed by atoms with E-state index in [4.69, 9.17) is 12.2 Å². The number of aromatic nitrogens is 2. The quantitative estimate of drug-likeness (QED) is 0.472. The van der Waals surface area contributed by atoms with E-state index >= 15 is 0 Å². The molecule has 3 aromatic rings. The van der Waals surface area contributed by atoms with E-state index < -0.39 is 10.0 Å². The van der Waals surface area contributed by atoms with Gasteiger partial charge in [0.15, 0.2) is 5.11 Å². The Bertz CT molecular complexity index is 1250. The molecule has 2 N–H and O–H groups in total. The number of nitrogens with one attached hydrogen (secondary N) is 2. The molecule has 0 amide bonds. The van der Waals surface area contributed by atoms with Gasteiger partial charge in [0.2, 0.25) is 10.0 Å². The van der Waals surface area contributed by atoms with Crippen LogP contribution in [0, 0.1) is 0 Å². The highest BCUT2D eigenvalue weighted by Crippen LogP contribution is 2.43. The van der Waals surface area contributed by atoms with Crippen LogP contribution in [0.25, 0.3) is 0 Å². The fourth-order valence-electron chi connectivity index (χ4n) is 5.19. The molecule has 178 valence electrons. The molecule has 1 aliphatic heterocycles. The van der Waals surface area contributed by atoms with E-state index in [1.54, 1.807) is 12.1 Å². The molecular formula is C25H29N5O2S2. The minimum Gasteiger partial charge on any atom is -0.351 e. The maximum atomic E-state index is 11.6. The number of hydrogen-bond donors (Lipinski definition) is 2. The standard InChI is InChI=1S/C25H29N5O2S2/c1-34(31,32)28-18-12-14-20(15-13-18)30-24(23(27-25(30)33)21-10-5-6-16-26-21)22-11-7-17-29(22)19-8-3-2-4-9-19/h5-7,10-17,19,23-24,28H,2-4,8-9H2,1H3,(H,27,33)/t23-,24-/m1/s1. The first kappa shape index (κ1) is 22.9. The molecule has 2 aromatic heterocycles. The number of nitrogens with zero attached hydrogens (tertiary/aromatic N) is 3. The Morgan fingerprint density at radius 2 is 1.79 bits per heavy atom. The van der Waals surface area contributed by atoms with Crippen molar-refractivity contribution in [2.45, 2.75) is 50.2 Å². The van der Waals surface area contributed by atoms with Crippen molar-refractivity contribution >= 4 is 38.7 Å². The highest BCUT2D eigenvalue weighted by Gasteiger charge is 2.42. The maximum absolute atomic E-state index is 11.6. The van der Waals surface area contributed by atoms with E-state index in [1.807, 2.05) is 36.5 Å². The van der Waals surface area contributed by atoms with Gasteiger partial charge in [-0.05, 0) is 73.6 Å². The number of anilines is 2. The summed E-state index contributed by atoms with van der Waals surface area (Å²) in [4.78, 5) is 6.78. The average Bonchev–Trinajstić information content (AvgIpc) is 3.44. The summed E-state index contributed by atoms with van der Waals surface area (Å²) < 4.78 is 28.2. The summed E-state index contributed by atoms with van der Waals surface area (Å²) in [6.45, 7) is 0. The van der Waals surface area contributed by atoms with Gasteiger partial charge in [-0.3, -0.25) is 9.71 Å². The van der Waals surface area contributed by atoms with Crippen LogP contribution < -0.4 is 14.9 Å². The van der Waals surface area contributed by atoms with E-state index in [9.17, 15) is 8.42 Å². The predicted octanol–water partition coefficient (Wildman–Crippen LogP) is 4.94. The Hall–Kier alpha value is -2.91. The van der Waals surface area contributed by atoms with Gasteiger partial charge in [-0.25, -0.2) is 8.42 Å². The van der Waals surface area contributed by atoms with Gasteiger partial charge in [-0.15, -0.1) is 0 Å². The molecule has 0 spiro atoms. The SMILES string of the molecule is CS(=O)(=O)Nc1ccc(N2C(=S)N[C@H](c3ccccn3)[C@H]2c2cccn2C2CCCCC2)cc1. The van der Waals surface area contributed by atoms with Gasteiger partial charge >= 0.3 is 0 Å². The molecule has 2 fully saturated rings. The van der Waals surface area contributed by atoms with Crippen LogP contribution in [0.4, 0.5) is 11.4 Å². The van der Waals surface area contributed by atoms with E-state index in [0.717, 1.165) is 17.6 Å². The van der Waals surface area contributed by atoms with E-state index in [0.29, 0.717) is 16.8 Å². The topological polar surface area (TPSA) is 79.3 Å². The van der Waals surface area contributed by atoms with Crippen molar-refractivity contribution in [3.05, 3.63) is 78.4 Å². The Kier molecular flexibility index (Phi) is 6.31. The maximum Gasteiger partial charge on any atom is 0.229 e. The first-order valence-corrected chi connectivity index (χ1v) is 14.0. The second-order valence-electron chi connectivity index (χ2n) is 9.05. The van der Waals surface area contributed by atoms with Gasteiger partial charge in [0, 0.05) is 35.5 Å². The van der Waals surface area contributed by atoms with Gasteiger partial charge in [0.1, 0.15) is 6.04 Å². The molecule has 1 saturated heterocycles. The van der Waals surface area contributed by atoms with Crippen LogP contribution in [0.2, 0.25) is 0 Å². The fourth-order valence-corrected chi connectivity index (χ4v) is 6.10. The molecule has 9 heteroatoms. The molecule has 7 nitrogen and oxygen atoms in total. The molecule has 1 aromatic carbocycles. The first-order chi connectivity index (χ1) is 16.4. The van der Waals surface area contributed by atoms with Gasteiger partial charge in [-0.2, -0.15) is 0 Å². The highest BCUT2D eigenvalue weighted by atomic mass is 32.2. The summed E-state index contributed by atoms with van der Waals surface area (Å²) in [5, 5.41) is 4.14. The minimum absolute atomic E-state index is 0.0898. The molecule has 2 atom stereocenters. The van der Waals surface area contributed by atoms with Crippen LogP contribution >= 0.6 is 12.2 Å². The van der Waals surface area contributed by atoms with E-state index in [-0.39, 0.29) is 12.1 Å². The van der Waals surface area contributed by atoms with Gasteiger partial charge in [-0.1, -0.05) is 25.3 Å². The van der Waals surface area contributed by atoms with Crippen molar-refractivity contribution < 1.29 is 8.42 Å².